The fourth-order valence-corrected chi connectivity index (χ4v) is 3.74. The SMILES string of the molecule is CN(c1ncc(Cl)nn1)[C@@H]1CC2CCC([C@@H]1F)N2C(=O)OC(C)(C)C. The monoisotopic (exact) mass is 371 g/mol. The van der Waals surface area contributed by atoms with Crippen LogP contribution in [-0.2, 0) is 4.74 Å². The van der Waals surface area contributed by atoms with E-state index in [4.69, 9.17) is 16.3 Å². The summed E-state index contributed by atoms with van der Waals surface area (Å²) in [4.78, 5) is 19.9. The van der Waals surface area contributed by atoms with Crippen LogP contribution in [0.15, 0.2) is 6.20 Å². The highest BCUT2D eigenvalue weighted by molar-refractivity contribution is 6.29. The van der Waals surface area contributed by atoms with E-state index in [-0.39, 0.29) is 11.2 Å². The topological polar surface area (TPSA) is 71.5 Å². The van der Waals surface area contributed by atoms with Gasteiger partial charge in [0.1, 0.15) is 11.8 Å². The molecular weight excluding hydrogens is 349 g/mol. The normalized spacial score (nSPS) is 28.8. The van der Waals surface area contributed by atoms with E-state index in [1.807, 2.05) is 20.8 Å². The Morgan fingerprint density at radius 2 is 2.12 bits per heavy atom. The molecule has 4 atom stereocenters. The average Bonchev–Trinajstić information content (AvgIpc) is 2.87. The van der Waals surface area contributed by atoms with Crippen LogP contribution in [0.25, 0.3) is 0 Å². The molecule has 0 saturated carbocycles. The van der Waals surface area contributed by atoms with Crippen molar-refractivity contribution >= 4 is 23.6 Å². The number of anilines is 1. The lowest BCUT2D eigenvalue weighted by Gasteiger charge is -2.44. The summed E-state index contributed by atoms with van der Waals surface area (Å²) in [5.41, 5.74) is -0.598. The van der Waals surface area contributed by atoms with Gasteiger partial charge in [-0.1, -0.05) is 11.6 Å². The van der Waals surface area contributed by atoms with Gasteiger partial charge in [-0.2, -0.15) is 0 Å². The molecule has 138 valence electrons. The number of hydrogen-bond acceptors (Lipinski definition) is 6. The molecule has 0 radical (unpaired) electrons. The highest BCUT2D eigenvalue weighted by Crippen LogP contribution is 2.40. The Labute approximate surface area is 151 Å². The number of amides is 1. The van der Waals surface area contributed by atoms with Gasteiger partial charge in [0, 0.05) is 13.1 Å². The standard InChI is InChI=1S/C16H23ClFN5O2/c1-16(2,3)25-15(24)23-9-5-6-10(23)13(18)11(7-9)22(4)14-19-8-12(17)20-21-14/h8-11,13H,5-7H2,1-4H3/t9?,10?,11-,13+/m1/s1. The number of ether oxygens (including phenoxy) is 1. The van der Waals surface area contributed by atoms with Crippen molar-refractivity contribution in [2.24, 2.45) is 0 Å². The van der Waals surface area contributed by atoms with Gasteiger partial charge in [0.25, 0.3) is 0 Å². The predicted molar refractivity (Wildman–Crippen MR) is 91.4 cm³/mol. The van der Waals surface area contributed by atoms with E-state index in [2.05, 4.69) is 15.2 Å². The predicted octanol–water partition coefficient (Wildman–Crippen LogP) is 2.84. The van der Waals surface area contributed by atoms with Gasteiger partial charge < -0.3 is 9.64 Å². The molecule has 0 aliphatic carbocycles. The Hall–Kier alpha value is -1.70. The van der Waals surface area contributed by atoms with Gasteiger partial charge in [0.15, 0.2) is 5.15 Å². The van der Waals surface area contributed by atoms with Crippen molar-refractivity contribution in [1.82, 2.24) is 20.1 Å². The molecule has 3 rings (SSSR count). The summed E-state index contributed by atoms with van der Waals surface area (Å²) in [6.07, 6.45) is 1.64. The zero-order valence-electron chi connectivity index (χ0n) is 14.8. The molecule has 1 amide bonds. The number of carbonyl (C=O) groups is 1. The molecule has 2 bridgehead atoms. The highest BCUT2D eigenvalue weighted by atomic mass is 35.5. The minimum absolute atomic E-state index is 0.0421. The molecule has 9 heteroatoms. The maximum atomic E-state index is 15.2. The highest BCUT2D eigenvalue weighted by Gasteiger charge is 2.52. The second-order valence-corrected chi connectivity index (χ2v) is 8.01. The van der Waals surface area contributed by atoms with Crippen LogP contribution in [0.5, 0.6) is 0 Å². The molecule has 2 aliphatic rings. The first-order valence-electron chi connectivity index (χ1n) is 8.41. The molecule has 0 spiro atoms. The van der Waals surface area contributed by atoms with Crippen molar-refractivity contribution in [2.45, 2.75) is 69.9 Å². The summed E-state index contributed by atoms with van der Waals surface area (Å²) >= 11 is 5.71. The van der Waals surface area contributed by atoms with Gasteiger partial charge in [-0.25, -0.2) is 14.2 Å². The molecule has 2 unspecified atom stereocenters. The van der Waals surface area contributed by atoms with Gasteiger partial charge in [0.05, 0.1) is 18.3 Å². The molecule has 7 nitrogen and oxygen atoms in total. The Morgan fingerprint density at radius 1 is 1.40 bits per heavy atom. The number of fused-ring (bicyclic) bond motifs is 2. The van der Waals surface area contributed by atoms with E-state index in [0.717, 1.165) is 6.42 Å². The third-order valence-corrected chi connectivity index (χ3v) is 4.91. The van der Waals surface area contributed by atoms with Crippen LogP contribution in [0.4, 0.5) is 15.1 Å². The molecule has 3 heterocycles. The second kappa shape index (κ2) is 6.55. The van der Waals surface area contributed by atoms with Crippen molar-refractivity contribution in [3.63, 3.8) is 0 Å². The Kier molecular flexibility index (Phi) is 4.74. The van der Waals surface area contributed by atoms with Crippen molar-refractivity contribution in [1.29, 1.82) is 0 Å². The average molecular weight is 372 g/mol. The number of aromatic nitrogens is 3. The van der Waals surface area contributed by atoms with Crippen LogP contribution in [-0.4, -0.2) is 63.1 Å². The Morgan fingerprint density at radius 3 is 2.72 bits per heavy atom. The third kappa shape index (κ3) is 3.63. The van der Waals surface area contributed by atoms with E-state index in [1.54, 1.807) is 16.8 Å². The minimum atomic E-state index is -1.21. The number of alkyl halides is 1. The lowest BCUT2D eigenvalue weighted by Crippen LogP contribution is -2.59. The zero-order valence-corrected chi connectivity index (χ0v) is 15.6. The maximum Gasteiger partial charge on any atom is 0.410 e. The number of carbonyl (C=O) groups excluding carboxylic acids is 1. The molecule has 0 N–H and O–H groups in total. The van der Waals surface area contributed by atoms with Crippen LogP contribution in [0.2, 0.25) is 5.15 Å². The summed E-state index contributed by atoms with van der Waals surface area (Å²) in [5, 5.41) is 7.87. The molecule has 2 saturated heterocycles. The molecular formula is C16H23ClFN5O2. The summed E-state index contributed by atoms with van der Waals surface area (Å²) in [6, 6.07) is -0.944. The van der Waals surface area contributed by atoms with Gasteiger partial charge in [-0.05, 0) is 40.0 Å². The third-order valence-electron chi connectivity index (χ3n) is 4.73. The van der Waals surface area contributed by atoms with Crippen LogP contribution in [0.3, 0.4) is 0 Å². The maximum absolute atomic E-state index is 15.2. The number of rotatable bonds is 2. The lowest BCUT2D eigenvalue weighted by atomic mass is 9.94. The fourth-order valence-electron chi connectivity index (χ4n) is 3.66. The Bertz CT molecular complexity index is 638. The number of nitrogens with zero attached hydrogens (tertiary/aromatic N) is 5. The molecule has 1 aromatic heterocycles. The zero-order chi connectivity index (χ0) is 18.4. The van der Waals surface area contributed by atoms with Gasteiger partial charge >= 0.3 is 6.09 Å². The Balaban J connectivity index is 1.76. The molecule has 1 aromatic rings. The van der Waals surface area contributed by atoms with Crippen LogP contribution in [0, 0.1) is 0 Å². The van der Waals surface area contributed by atoms with E-state index < -0.39 is 29.9 Å². The smallest absolute Gasteiger partial charge is 0.410 e. The van der Waals surface area contributed by atoms with Crippen LogP contribution < -0.4 is 4.90 Å². The first kappa shape index (κ1) is 18.1. The second-order valence-electron chi connectivity index (χ2n) is 7.63. The number of piperidine rings is 1. The van der Waals surface area contributed by atoms with Crippen molar-refractivity contribution in [2.75, 3.05) is 11.9 Å². The number of halogens is 2. The summed E-state index contributed by atoms with van der Waals surface area (Å²) in [5.74, 6) is 0.321. The molecule has 25 heavy (non-hydrogen) atoms. The summed E-state index contributed by atoms with van der Waals surface area (Å²) in [6.45, 7) is 5.43. The lowest BCUT2D eigenvalue weighted by molar-refractivity contribution is -0.0104. The van der Waals surface area contributed by atoms with Crippen molar-refractivity contribution < 1.29 is 13.9 Å². The number of hydrogen-bond donors (Lipinski definition) is 0. The fraction of sp³-hybridized carbons (Fsp3) is 0.750. The quantitative estimate of drug-likeness (QED) is 0.796. The first-order valence-corrected chi connectivity index (χ1v) is 8.78. The van der Waals surface area contributed by atoms with Crippen LogP contribution in [0.1, 0.15) is 40.0 Å². The van der Waals surface area contributed by atoms with Crippen molar-refractivity contribution in [3.05, 3.63) is 11.3 Å². The molecule has 0 aromatic carbocycles. The summed E-state index contributed by atoms with van der Waals surface area (Å²) in [7, 11) is 1.74. The van der Waals surface area contributed by atoms with E-state index in [1.165, 1.54) is 6.20 Å². The van der Waals surface area contributed by atoms with Gasteiger partial charge in [-0.3, -0.25) is 4.90 Å². The van der Waals surface area contributed by atoms with Gasteiger partial charge in [0.2, 0.25) is 5.95 Å². The van der Waals surface area contributed by atoms with Gasteiger partial charge in [-0.15, -0.1) is 10.2 Å². The largest absolute Gasteiger partial charge is 0.444 e. The molecule has 2 fully saturated rings. The molecule has 2 aliphatic heterocycles. The van der Waals surface area contributed by atoms with Crippen molar-refractivity contribution in [3.8, 4) is 0 Å². The summed E-state index contributed by atoms with van der Waals surface area (Å²) < 4.78 is 20.7. The van der Waals surface area contributed by atoms with E-state index >= 15 is 4.39 Å². The minimum Gasteiger partial charge on any atom is -0.444 e. The van der Waals surface area contributed by atoms with Crippen LogP contribution >= 0.6 is 11.6 Å². The first-order chi connectivity index (χ1) is 11.7. The van der Waals surface area contributed by atoms with E-state index in [9.17, 15) is 4.79 Å². The van der Waals surface area contributed by atoms with E-state index in [0.29, 0.717) is 18.8 Å².